The first-order valence-corrected chi connectivity index (χ1v) is 14.5. The standard InChI is InChI=1S/C34H31Cl2N3O3/c1-20(2)24-8-9-26-15-27(11-10-25(26)14-24)32-19-31(28-16-29(35)18-30(36)17-28)38-39(32)21(3)22-4-6-23(7-5-22)34(42)37-13-12-33(40)41/h4-11,14-21H,12-13H2,1-3H3,(H,37,42)(H,40,41)/t21-/m0/s1. The lowest BCUT2D eigenvalue weighted by Crippen LogP contribution is -2.26. The van der Waals surface area contributed by atoms with Crippen LogP contribution in [-0.2, 0) is 4.79 Å². The van der Waals surface area contributed by atoms with Crippen LogP contribution in [0.15, 0.2) is 84.9 Å². The summed E-state index contributed by atoms with van der Waals surface area (Å²) in [5, 5.41) is 19.9. The second kappa shape index (κ2) is 12.4. The minimum atomic E-state index is -0.958. The molecule has 0 fully saturated rings. The number of nitrogens with zero attached hydrogens (tertiary/aromatic N) is 2. The lowest BCUT2D eigenvalue weighted by Gasteiger charge is -2.17. The molecule has 1 atom stereocenters. The molecule has 0 bridgehead atoms. The molecule has 5 rings (SSSR count). The zero-order valence-electron chi connectivity index (χ0n) is 23.6. The molecule has 6 nitrogen and oxygen atoms in total. The summed E-state index contributed by atoms with van der Waals surface area (Å²) in [5.41, 5.74) is 6.22. The molecule has 2 N–H and O–H groups in total. The van der Waals surface area contributed by atoms with Crippen LogP contribution in [0, 0.1) is 0 Å². The molecule has 0 aliphatic rings. The maximum Gasteiger partial charge on any atom is 0.305 e. The number of nitrogens with one attached hydrogen (secondary N) is 1. The Morgan fingerprint density at radius 1 is 0.810 bits per heavy atom. The van der Waals surface area contributed by atoms with E-state index in [0.29, 0.717) is 21.5 Å². The van der Waals surface area contributed by atoms with Crippen molar-refractivity contribution in [1.82, 2.24) is 15.1 Å². The number of carbonyl (C=O) groups is 2. The average molecular weight is 601 g/mol. The van der Waals surface area contributed by atoms with Crippen LogP contribution < -0.4 is 5.32 Å². The normalized spacial score (nSPS) is 12.0. The topological polar surface area (TPSA) is 84.2 Å². The lowest BCUT2D eigenvalue weighted by atomic mass is 9.97. The van der Waals surface area contributed by atoms with Crippen LogP contribution in [0.5, 0.6) is 0 Å². The number of carboxylic acid groups (broad SMARTS) is 1. The maximum atomic E-state index is 12.5. The summed E-state index contributed by atoms with van der Waals surface area (Å²) >= 11 is 12.7. The van der Waals surface area contributed by atoms with E-state index in [1.807, 2.05) is 35.0 Å². The molecule has 1 aromatic heterocycles. The molecule has 8 heteroatoms. The third-order valence-electron chi connectivity index (χ3n) is 7.37. The predicted molar refractivity (Wildman–Crippen MR) is 170 cm³/mol. The van der Waals surface area contributed by atoms with Gasteiger partial charge in [0.25, 0.3) is 5.91 Å². The van der Waals surface area contributed by atoms with Crippen molar-refractivity contribution < 1.29 is 14.7 Å². The minimum Gasteiger partial charge on any atom is -0.481 e. The summed E-state index contributed by atoms with van der Waals surface area (Å²) < 4.78 is 1.98. The number of fused-ring (bicyclic) bond motifs is 1. The Morgan fingerprint density at radius 2 is 1.45 bits per heavy atom. The molecule has 0 aliphatic heterocycles. The van der Waals surface area contributed by atoms with Gasteiger partial charge in [0.15, 0.2) is 0 Å². The number of amides is 1. The molecule has 0 saturated carbocycles. The average Bonchev–Trinajstić information content (AvgIpc) is 3.41. The molecule has 0 aliphatic carbocycles. The Labute approximate surface area is 254 Å². The van der Waals surface area contributed by atoms with E-state index in [4.69, 9.17) is 33.4 Å². The first-order chi connectivity index (χ1) is 20.1. The van der Waals surface area contributed by atoms with Gasteiger partial charge in [-0.1, -0.05) is 79.5 Å². The number of aromatic nitrogens is 2. The SMILES string of the molecule is CC(C)c1ccc2cc(-c3cc(-c4cc(Cl)cc(Cl)c4)nn3[C@@H](C)c3ccc(C(=O)NCCC(=O)O)cc3)ccc2c1. The fraction of sp³-hybridized carbons (Fsp3) is 0.206. The van der Waals surface area contributed by atoms with Crippen LogP contribution >= 0.6 is 23.2 Å². The number of hydrogen-bond donors (Lipinski definition) is 2. The van der Waals surface area contributed by atoms with Gasteiger partial charge >= 0.3 is 5.97 Å². The van der Waals surface area contributed by atoms with Crippen LogP contribution in [0.25, 0.3) is 33.3 Å². The molecule has 214 valence electrons. The smallest absolute Gasteiger partial charge is 0.305 e. The third-order valence-corrected chi connectivity index (χ3v) is 7.80. The molecule has 42 heavy (non-hydrogen) atoms. The van der Waals surface area contributed by atoms with Crippen molar-refractivity contribution >= 4 is 45.9 Å². The molecule has 0 saturated heterocycles. The Kier molecular flexibility index (Phi) is 8.66. The van der Waals surface area contributed by atoms with E-state index in [1.165, 1.54) is 10.9 Å². The minimum absolute atomic E-state index is 0.0732. The van der Waals surface area contributed by atoms with Gasteiger partial charge < -0.3 is 10.4 Å². The molecule has 1 heterocycles. The van der Waals surface area contributed by atoms with Crippen LogP contribution in [0.3, 0.4) is 0 Å². The molecule has 0 spiro atoms. The monoisotopic (exact) mass is 599 g/mol. The summed E-state index contributed by atoms with van der Waals surface area (Å²) in [5.74, 6) is -0.821. The highest BCUT2D eigenvalue weighted by Crippen LogP contribution is 2.35. The van der Waals surface area contributed by atoms with Crippen molar-refractivity contribution in [2.45, 2.75) is 39.2 Å². The Balaban J connectivity index is 1.53. The van der Waals surface area contributed by atoms with E-state index in [0.717, 1.165) is 33.5 Å². The number of benzene rings is 4. The van der Waals surface area contributed by atoms with Crippen molar-refractivity contribution in [1.29, 1.82) is 0 Å². The Morgan fingerprint density at radius 3 is 2.12 bits per heavy atom. The quantitative estimate of drug-likeness (QED) is 0.177. The van der Waals surface area contributed by atoms with Crippen LogP contribution in [0.1, 0.15) is 60.6 Å². The Hall–Kier alpha value is -4.13. The van der Waals surface area contributed by atoms with E-state index in [1.54, 1.807) is 18.2 Å². The highest BCUT2D eigenvalue weighted by Gasteiger charge is 2.19. The fourth-order valence-electron chi connectivity index (χ4n) is 4.97. The summed E-state index contributed by atoms with van der Waals surface area (Å²) in [6.45, 7) is 6.52. The van der Waals surface area contributed by atoms with Crippen molar-refractivity contribution in [3.8, 4) is 22.5 Å². The number of aliphatic carboxylic acids is 1. The molecule has 4 aromatic carbocycles. The van der Waals surface area contributed by atoms with Gasteiger partial charge in [-0.25, -0.2) is 0 Å². The summed E-state index contributed by atoms with van der Waals surface area (Å²) in [6, 6.07) is 27.6. The van der Waals surface area contributed by atoms with Crippen molar-refractivity contribution in [3.05, 3.63) is 112 Å². The summed E-state index contributed by atoms with van der Waals surface area (Å²) in [6.07, 6.45) is -0.128. The highest BCUT2D eigenvalue weighted by atomic mass is 35.5. The van der Waals surface area contributed by atoms with E-state index >= 15 is 0 Å². The first-order valence-electron chi connectivity index (χ1n) is 13.8. The zero-order valence-corrected chi connectivity index (χ0v) is 25.1. The summed E-state index contributed by atoms with van der Waals surface area (Å²) in [7, 11) is 0. The number of carboxylic acids is 1. The molecular formula is C34H31Cl2N3O3. The van der Waals surface area contributed by atoms with Crippen LogP contribution in [0.4, 0.5) is 0 Å². The van der Waals surface area contributed by atoms with E-state index in [9.17, 15) is 9.59 Å². The zero-order chi connectivity index (χ0) is 30.0. The maximum absolute atomic E-state index is 12.5. The summed E-state index contributed by atoms with van der Waals surface area (Å²) in [4.78, 5) is 23.2. The predicted octanol–water partition coefficient (Wildman–Crippen LogP) is 8.61. The van der Waals surface area contributed by atoms with Gasteiger partial charge in [-0.3, -0.25) is 14.3 Å². The highest BCUT2D eigenvalue weighted by molar-refractivity contribution is 6.35. The van der Waals surface area contributed by atoms with Gasteiger partial charge in [0, 0.05) is 33.3 Å². The first kappa shape index (κ1) is 29.4. The molecule has 0 radical (unpaired) electrons. The number of halogens is 2. The van der Waals surface area contributed by atoms with Crippen molar-refractivity contribution in [3.63, 3.8) is 0 Å². The second-order valence-electron chi connectivity index (χ2n) is 10.7. The van der Waals surface area contributed by atoms with Gasteiger partial charge in [-0.15, -0.1) is 0 Å². The van der Waals surface area contributed by atoms with Gasteiger partial charge in [-0.2, -0.15) is 5.10 Å². The van der Waals surface area contributed by atoms with Crippen LogP contribution in [0.2, 0.25) is 10.0 Å². The number of hydrogen-bond acceptors (Lipinski definition) is 3. The van der Waals surface area contributed by atoms with E-state index in [-0.39, 0.29) is 24.9 Å². The van der Waals surface area contributed by atoms with Gasteiger partial charge in [-0.05, 0) is 77.2 Å². The molecule has 0 unspecified atom stereocenters. The number of carbonyl (C=O) groups excluding carboxylic acids is 1. The van der Waals surface area contributed by atoms with Crippen LogP contribution in [-0.4, -0.2) is 33.3 Å². The van der Waals surface area contributed by atoms with Gasteiger partial charge in [0.05, 0.1) is 23.9 Å². The van der Waals surface area contributed by atoms with E-state index < -0.39 is 5.97 Å². The molecule has 1 amide bonds. The van der Waals surface area contributed by atoms with Crippen molar-refractivity contribution in [2.75, 3.05) is 6.54 Å². The van der Waals surface area contributed by atoms with Gasteiger partial charge in [0.2, 0.25) is 0 Å². The fourth-order valence-corrected chi connectivity index (χ4v) is 5.50. The molecule has 5 aromatic rings. The Bertz CT molecular complexity index is 1760. The number of rotatable bonds is 9. The van der Waals surface area contributed by atoms with E-state index in [2.05, 4.69) is 62.5 Å². The largest absolute Gasteiger partial charge is 0.481 e. The third kappa shape index (κ3) is 6.51. The second-order valence-corrected chi connectivity index (χ2v) is 11.6. The van der Waals surface area contributed by atoms with Gasteiger partial charge in [0.1, 0.15) is 0 Å². The molecular weight excluding hydrogens is 569 g/mol. The van der Waals surface area contributed by atoms with Crippen molar-refractivity contribution in [2.24, 2.45) is 0 Å². The lowest BCUT2D eigenvalue weighted by molar-refractivity contribution is -0.136.